The minimum Gasteiger partial charge on any atom is -0.455 e. The topological polar surface area (TPSA) is 84.0 Å². The fraction of sp³-hybridized carbons (Fsp3) is 0.579. The molecule has 1 amide bonds. The standard InChI is InChI=1S/C19H25FN2O5S/c20-16-4-6-17(7-5-16)28(25,26)22-12-8-15(9-13-22)19(24)27-14-18(23)21-10-2-1-3-11-21/h4-7,15H,1-3,8-14H2. The van der Waals surface area contributed by atoms with Gasteiger partial charge in [-0.25, -0.2) is 12.8 Å². The van der Waals surface area contributed by atoms with Crippen LogP contribution in [-0.2, 0) is 24.3 Å². The van der Waals surface area contributed by atoms with Crippen molar-refractivity contribution in [1.82, 2.24) is 9.21 Å². The summed E-state index contributed by atoms with van der Waals surface area (Å²) >= 11 is 0. The molecule has 0 bridgehead atoms. The lowest BCUT2D eigenvalue weighted by atomic mass is 9.98. The van der Waals surface area contributed by atoms with E-state index in [-0.39, 0.29) is 30.5 Å². The molecule has 2 aliphatic heterocycles. The Kier molecular flexibility index (Phi) is 6.66. The van der Waals surface area contributed by atoms with Gasteiger partial charge in [-0.15, -0.1) is 0 Å². The quantitative estimate of drug-likeness (QED) is 0.689. The van der Waals surface area contributed by atoms with Crippen molar-refractivity contribution in [3.8, 4) is 0 Å². The maximum atomic E-state index is 13.0. The molecule has 0 radical (unpaired) electrons. The first-order valence-corrected chi connectivity index (χ1v) is 11.0. The molecule has 0 saturated carbocycles. The Morgan fingerprint density at radius 3 is 2.21 bits per heavy atom. The third-order valence-electron chi connectivity index (χ3n) is 5.29. The molecule has 0 aromatic heterocycles. The van der Waals surface area contributed by atoms with Crippen LogP contribution in [-0.4, -0.2) is 62.3 Å². The molecular weight excluding hydrogens is 387 g/mol. The summed E-state index contributed by atoms with van der Waals surface area (Å²) in [6.07, 6.45) is 3.72. The third-order valence-corrected chi connectivity index (χ3v) is 7.20. The lowest BCUT2D eigenvalue weighted by molar-refractivity contribution is -0.156. The van der Waals surface area contributed by atoms with Gasteiger partial charge in [0.1, 0.15) is 5.82 Å². The van der Waals surface area contributed by atoms with Crippen molar-refractivity contribution in [2.24, 2.45) is 5.92 Å². The summed E-state index contributed by atoms with van der Waals surface area (Å²) in [5.41, 5.74) is 0. The molecule has 0 unspecified atom stereocenters. The molecular formula is C19H25FN2O5S. The molecule has 1 aromatic carbocycles. The molecule has 2 aliphatic rings. The number of likely N-dealkylation sites (tertiary alicyclic amines) is 1. The highest BCUT2D eigenvalue weighted by Crippen LogP contribution is 2.25. The van der Waals surface area contributed by atoms with Crippen molar-refractivity contribution in [2.45, 2.75) is 37.0 Å². The average Bonchev–Trinajstić information content (AvgIpc) is 2.73. The molecule has 28 heavy (non-hydrogen) atoms. The molecule has 0 aliphatic carbocycles. The Labute approximate surface area is 164 Å². The first kappa shape index (κ1) is 20.7. The van der Waals surface area contributed by atoms with Crippen LogP contribution >= 0.6 is 0 Å². The number of halogens is 1. The summed E-state index contributed by atoms with van der Waals surface area (Å²) in [6.45, 7) is 1.51. The van der Waals surface area contributed by atoms with Gasteiger partial charge in [-0.1, -0.05) is 0 Å². The van der Waals surface area contributed by atoms with E-state index in [1.54, 1.807) is 4.90 Å². The molecule has 154 valence electrons. The first-order chi connectivity index (χ1) is 13.4. The molecule has 0 N–H and O–H groups in total. The molecule has 0 spiro atoms. The number of hydrogen-bond acceptors (Lipinski definition) is 5. The van der Waals surface area contributed by atoms with Crippen LogP contribution in [0.5, 0.6) is 0 Å². The lowest BCUT2D eigenvalue weighted by Crippen LogP contribution is -2.42. The number of esters is 1. The van der Waals surface area contributed by atoms with Gasteiger partial charge in [-0.05, 0) is 56.4 Å². The van der Waals surface area contributed by atoms with E-state index in [4.69, 9.17) is 4.74 Å². The van der Waals surface area contributed by atoms with Crippen molar-refractivity contribution < 1.29 is 27.1 Å². The number of sulfonamides is 1. The van der Waals surface area contributed by atoms with Crippen molar-refractivity contribution in [2.75, 3.05) is 32.8 Å². The zero-order valence-corrected chi connectivity index (χ0v) is 16.5. The SMILES string of the molecule is O=C(OCC(=O)N1CCCCC1)C1CCN(S(=O)(=O)c2ccc(F)cc2)CC1. The van der Waals surface area contributed by atoms with Crippen molar-refractivity contribution >= 4 is 21.9 Å². The van der Waals surface area contributed by atoms with E-state index in [0.29, 0.717) is 25.9 Å². The number of carbonyl (C=O) groups excluding carboxylic acids is 2. The molecule has 3 rings (SSSR count). The number of hydrogen-bond donors (Lipinski definition) is 0. The second-order valence-electron chi connectivity index (χ2n) is 7.18. The van der Waals surface area contributed by atoms with Crippen LogP contribution < -0.4 is 0 Å². The Morgan fingerprint density at radius 2 is 1.61 bits per heavy atom. The van der Waals surface area contributed by atoms with Crippen LogP contribution in [0.15, 0.2) is 29.2 Å². The number of carbonyl (C=O) groups is 2. The van der Waals surface area contributed by atoms with Gasteiger partial charge in [-0.3, -0.25) is 9.59 Å². The summed E-state index contributed by atoms with van der Waals surface area (Å²) in [4.78, 5) is 26.1. The Balaban J connectivity index is 1.48. The summed E-state index contributed by atoms with van der Waals surface area (Å²) in [6, 6.07) is 4.68. The Hall–Kier alpha value is -2.00. The fourth-order valence-corrected chi connectivity index (χ4v) is 5.04. The normalized spacial score (nSPS) is 19.4. The van der Waals surface area contributed by atoms with E-state index in [0.717, 1.165) is 31.4 Å². The maximum Gasteiger partial charge on any atom is 0.309 e. The Morgan fingerprint density at radius 1 is 1.00 bits per heavy atom. The highest BCUT2D eigenvalue weighted by atomic mass is 32.2. The summed E-state index contributed by atoms with van der Waals surface area (Å²) < 4.78 is 44.7. The number of amides is 1. The second kappa shape index (κ2) is 9.00. The van der Waals surface area contributed by atoms with E-state index < -0.39 is 27.7 Å². The summed E-state index contributed by atoms with van der Waals surface area (Å²) in [7, 11) is -3.71. The van der Waals surface area contributed by atoms with Crippen LogP contribution in [0.3, 0.4) is 0 Å². The fourth-order valence-electron chi connectivity index (χ4n) is 3.57. The average molecular weight is 412 g/mol. The van der Waals surface area contributed by atoms with Gasteiger partial charge in [0.05, 0.1) is 10.8 Å². The number of piperidine rings is 2. The molecule has 9 heteroatoms. The van der Waals surface area contributed by atoms with Crippen molar-refractivity contribution in [1.29, 1.82) is 0 Å². The van der Waals surface area contributed by atoms with Gasteiger partial charge in [0.25, 0.3) is 5.91 Å². The van der Waals surface area contributed by atoms with Gasteiger partial charge in [0.15, 0.2) is 6.61 Å². The molecule has 1 aromatic rings. The third kappa shape index (κ3) is 4.88. The Bertz CT molecular complexity index is 798. The van der Waals surface area contributed by atoms with Gasteiger partial charge in [0.2, 0.25) is 10.0 Å². The van der Waals surface area contributed by atoms with Gasteiger partial charge < -0.3 is 9.64 Å². The highest BCUT2D eigenvalue weighted by Gasteiger charge is 2.33. The highest BCUT2D eigenvalue weighted by molar-refractivity contribution is 7.89. The molecule has 2 heterocycles. The number of rotatable bonds is 5. The van der Waals surface area contributed by atoms with Gasteiger partial charge in [-0.2, -0.15) is 4.31 Å². The predicted octanol–water partition coefficient (Wildman–Crippen LogP) is 1.78. The van der Waals surface area contributed by atoms with Gasteiger partial charge in [0, 0.05) is 26.2 Å². The van der Waals surface area contributed by atoms with E-state index in [9.17, 15) is 22.4 Å². The maximum absolute atomic E-state index is 13.0. The van der Waals surface area contributed by atoms with Crippen LogP contribution in [0.2, 0.25) is 0 Å². The van der Waals surface area contributed by atoms with E-state index >= 15 is 0 Å². The summed E-state index contributed by atoms with van der Waals surface area (Å²) in [5.74, 6) is -1.55. The molecule has 2 saturated heterocycles. The second-order valence-corrected chi connectivity index (χ2v) is 9.12. The van der Waals surface area contributed by atoms with Crippen LogP contribution in [0, 0.1) is 11.7 Å². The molecule has 0 atom stereocenters. The minimum atomic E-state index is -3.71. The van der Waals surface area contributed by atoms with Crippen LogP contribution in [0.4, 0.5) is 4.39 Å². The zero-order valence-electron chi connectivity index (χ0n) is 15.7. The van der Waals surface area contributed by atoms with E-state index in [1.807, 2.05) is 0 Å². The predicted molar refractivity (Wildman–Crippen MR) is 99.3 cm³/mol. The number of benzene rings is 1. The van der Waals surface area contributed by atoms with Gasteiger partial charge >= 0.3 is 5.97 Å². The molecule has 7 nitrogen and oxygen atoms in total. The molecule has 2 fully saturated rings. The number of ether oxygens (including phenoxy) is 1. The van der Waals surface area contributed by atoms with E-state index in [2.05, 4.69) is 0 Å². The van der Waals surface area contributed by atoms with Crippen molar-refractivity contribution in [3.63, 3.8) is 0 Å². The lowest BCUT2D eigenvalue weighted by Gasteiger charge is -2.30. The van der Waals surface area contributed by atoms with Crippen LogP contribution in [0.25, 0.3) is 0 Å². The minimum absolute atomic E-state index is 0.0297. The van der Waals surface area contributed by atoms with E-state index in [1.165, 1.54) is 16.4 Å². The monoisotopic (exact) mass is 412 g/mol. The summed E-state index contributed by atoms with van der Waals surface area (Å²) in [5, 5.41) is 0. The van der Waals surface area contributed by atoms with Crippen molar-refractivity contribution in [3.05, 3.63) is 30.1 Å². The largest absolute Gasteiger partial charge is 0.455 e. The number of nitrogens with zero attached hydrogens (tertiary/aromatic N) is 2. The van der Waals surface area contributed by atoms with Crippen LogP contribution in [0.1, 0.15) is 32.1 Å². The zero-order chi connectivity index (χ0) is 20.1. The smallest absolute Gasteiger partial charge is 0.309 e. The first-order valence-electron chi connectivity index (χ1n) is 9.58.